The quantitative estimate of drug-likeness (QED) is 0.604. The third-order valence-electron chi connectivity index (χ3n) is 4.21. The average Bonchev–Trinajstić information content (AvgIpc) is 3.14. The Balaban J connectivity index is 1.47. The smallest absolute Gasteiger partial charge is 0.187 e. The number of hydrogen-bond donors (Lipinski definition) is 1. The number of morpholine rings is 1. The Bertz CT molecular complexity index is 892. The van der Waals surface area contributed by atoms with Crippen molar-refractivity contribution in [1.29, 1.82) is 0 Å². The largest absolute Gasteiger partial charge is 0.378 e. The van der Waals surface area contributed by atoms with Gasteiger partial charge in [0.15, 0.2) is 5.13 Å². The lowest BCUT2D eigenvalue weighted by atomic mass is 10.1. The maximum Gasteiger partial charge on any atom is 0.187 e. The molecule has 0 amide bonds. The van der Waals surface area contributed by atoms with Crippen molar-refractivity contribution in [3.05, 3.63) is 57.9 Å². The molecule has 0 bridgehead atoms. The van der Waals surface area contributed by atoms with Crippen LogP contribution >= 0.6 is 34.5 Å². The van der Waals surface area contributed by atoms with Crippen LogP contribution in [0.1, 0.15) is 0 Å². The van der Waals surface area contributed by atoms with Gasteiger partial charge in [-0.3, -0.25) is 0 Å². The molecule has 1 aliphatic rings. The third kappa shape index (κ3) is 3.96. The second kappa shape index (κ2) is 7.84. The van der Waals surface area contributed by atoms with E-state index in [0.29, 0.717) is 10.0 Å². The van der Waals surface area contributed by atoms with Crippen LogP contribution < -0.4 is 10.2 Å². The highest BCUT2D eigenvalue weighted by Gasteiger charge is 2.12. The highest BCUT2D eigenvalue weighted by atomic mass is 35.5. The first-order valence-electron chi connectivity index (χ1n) is 8.30. The molecule has 1 aromatic heterocycles. The van der Waals surface area contributed by atoms with Crippen molar-refractivity contribution in [3.8, 4) is 11.3 Å². The molecular weight excluding hydrogens is 389 g/mol. The van der Waals surface area contributed by atoms with Crippen molar-refractivity contribution in [2.75, 3.05) is 36.5 Å². The van der Waals surface area contributed by atoms with Gasteiger partial charge in [0.1, 0.15) is 0 Å². The maximum absolute atomic E-state index is 6.06. The average molecular weight is 406 g/mol. The summed E-state index contributed by atoms with van der Waals surface area (Å²) in [7, 11) is 0. The standard InChI is InChI=1S/C19H17Cl2N3OS/c20-16-6-3-14(11-17(16)21)22-19-23-18(12-26-19)13-1-4-15(5-2-13)24-7-9-25-10-8-24/h1-6,11-12H,7-10H2,(H,22,23). The zero-order chi connectivity index (χ0) is 17.9. The van der Waals surface area contributed by atoms with Gasteiger partial charge in [0.2, 0.25) is 0 Å². The molecule has 0 unspecified atom stereocenters. The Morgan fingerprint density at radius 1 is 1.00 bits per heavy atom. The molecule has 0 saturated carbocycles. The van der Waals surface area contributed by atoms with Crippen LogP contribution in [0.2, 0.25) is 10.0 Å². The summed E-state index contributed by atoms with van der Waals surface area (Å²) >= 11 is 13.6. The van der Waals surface area contributed by atoms with Crippen molar-refractivity contribution >= 4 is 51.0 Å². The predicted octanol–water partition coefficient (Wildman–Crippen LogP) is 5.70. The molecule has 4 rings (SSSR count). The van der Waals surface area contributed by atoms with Gasteiger partial charge in [-0.1, -0.05) is 35.3 Å². The first-order valence-corrected chi connectivity index (χ1v) is 9.93. The van der Waals surface area contributed by atoms with Crippen LogP contribution in [0.15, 0.2) is 47.8 Å². The molecule has 1 N–H and O–H groups in total. The number of ether oxygens (including phenoxy) is 1. The number of anilines is 3. The lowest BCUT2D eigenvalue weighted by molar-refractivity contribution is 0.122. The molecule has 1 saturated heterocycles. The Kier molecular flexibility index (Phi) is 5.31. The normalized spacial score (nSPS) is 14.5. The number of thiazole rings is 1. The minimum absolute atomic E-state index is 0.521. The van der Waals surface area contributed by atoms with Gasteiger partial charge in [0.25, 0.3) is 0 Å². The van der Waals surface area contributed by atoms with Gasteiger partial charge in [-0.05, 0) is 30.3 Å². The van der Waals surface area contributed by atoms with E-state index in [0.717, 1.165) is 48.4 Å². The summed E-state index contributed by atoms with van der Waals surface area (Å²) in [5, 5.41) is 7.19. The Hall–Kier alpha value is -1.79. The van der Waals surface area contributed by atoms with E-state index in [-0.39, 0.29) is 0 Å². The zero-order valence-corrected chi connectivity index (χ0v) is 16.2. The van der Waals surface area contributed by atoms with Crippen LogP contribution in [0.5, 0.6) is 0 Å². The maximum atomic E-state index is 6.06. The van der Waals surface area contributed by atoms with Gasteiger partial charge in [0.05, 0.1) is 29.0 Å². The number of aromatic nitrogens is 1. The Morgan fingerprint density at radius 2 is 1.77 bits per heavy atom. The van der Waals surface area contributed by atoms with E-state index in [9.17, 15) is 0 Å². The molecule has 3 aromatic rings. The predicted molar refractivity (Wildman–Crippen MR) is 110 cm³/mol. The van der Waals surface area contributed by atoms with E-state index >= 15 is 0 Å². The molecule has 0 aliphatic carbocycles. The van der Waals surface area contributed by atoms with Crippen molar-refractivity contribution in [2.45, 2.75) is 0 Å². The Morgan fingerprint density at radius 3 is 2.50 bits per heavy atom. The third-order valence-corrected chi connectivity index (χ3v) is 5.71. The summed E-state index contributed by atoms with van der Waals surface area (Å²) in [6.45, 7) is 3.46. The molecular formula is C19H17Cl2N3OS. The molecule has 1 fully saturated rings. The molecule has 0 spiro atoms. The lowest BCUT2D eigenvalue weighted by Crippen LogP contribution is -2.36. The molecule has 2 heterocycles. The van der Waals surface area contributed by atoms with E-state index in [4.69, 9.17) is 27.9 Å². The van der Waals surface area contributed by atoms with Crippen LogP contribution in [-0.2, 0) is 4.74 Å². The van der Waals surface area contributed by atoms with Gasteiger partial charge in [-0.25, -0.2) is 4.98 Å². The Labute approximate surface area is 166 Å². The fourth-order valence-electron chi connectivity index (χ4n) is 2.83. The second-order valence-corrected chi connectivity index (χ2v) is 7.61. The first-order chi connectivity index (χ1) is 12.7. The highest BCUT2D eigenvalue weighted by Crippen LogP contribution is 2.31. The van der Waals surface area contributed by atoms with Crippen molar-refractivity contribution in [3.63, 3.8) is 0 Å². The van der Waals surface area contributed by atoms with E-state index in [1.165, 1.54) is 5.69 Å². The van der Waals surface area contributed by atoms with Crippen LogP contribution in [0, 0.1) is 0 Å². The van der Waals surface area contributed by atoms with Crippen LogP contribution in [0.25, 0.3) is 11.3 Å². The van der Waals surface area contributed by atoms with Gasteiger partial charge in [0, 0.05) is 35.4 Å². The minimum Gasteiger partial charge on any atom is -0.378 e. The van der Waals surface area contributed by atoms with Crippen LogP contribution in [-0.4, -0.2) is 31.3 Å². The number of rotatable bonds is 4. The monoisotopic (exact) mass is 405 g/mol. The number of hydrogen-bond acceptors (Lipinski definition) is 5. The summed E-state index contributed by atoms with van der Waals surface area (Å²) in [6.07, 6.45) is 0. The summed E-state index contributed by atoms with van der Waals surface area (Å²) in [6, 6.07) is 14.0. The summed E-state index contributed by atoms with van der Waals surface area (Å²) < 4.78 is 5.41. The SMILES string of the molecule is Clc1ccc(Nc2nc(-c3ccc(N4CCOCC4)cc3)cs2)cc1Cl. The van der Waals surface area contributed by atoms with E-state index in [1.54, 1.807) is 23.5 Å². The zero-order valence-electron chi connectivity index (χ0n) is 13.9. The molecule has 134 valence electrons. The number of nitrogens with one attached hydrogen (secondary N) is 1. The molecule has 4 nitrogen and oxygen atoms in total. The topological polar surface area (TPSA) is 37.4 Å². The van der Waals surface area contributed by atoms with Crippen LogP contribution in [0.4, 0.5) is 16.5 Å². The second-order valence-electron chi connectivity index (χ2n) is 5.94. The molecule has 2 aromatic carbocycles. The summed E-state index contributed by atoms with van der Waals surface area (Å²) in [5.74, 6) is 0. The molecule has 7 heteroatoms. The number of nitrogens with zero attached hydrogens (tertiary/aromatic N) is 2. The van der Waals surface area contributed by atoms with E-state index < -0.39 is 0 Å². The summed E-state index contributed by atoms with van der Waals surface area (Å²) in [5.41, 5.74) is 4.14. The van der Waals surface area contributed by atoms with Gasteiger partial charge < -0.3 is 15.0 Å². The fourth-order valence-corrected chi connectivity index (χ4v) is 3.86. The van der Waals surface area contributed by atoms with E-state index in [2.05, 4.69) is 39.5 Å². The molecule has 1 aliphatic heterocycles. The van der Waals surface area contributed by atoms with E-state index in [1.807, 2.05) is 11.4 Å². The van der Waals surface area contributed by atoms with Crippen molar-refractivity contribution in [2.24, 2.45) is 0 Å². The van der Waals surface area contributed by atoms with Crippen molar-refractivity contribution in [1.82, 2.24) is 4.98 Å². The van der Waals surface area contributed by atoms with Crippen LogP contribution in [0.3, 0.4) is 0 Å². The number of benzene rings is 2. The molecule has 0 atom stereocenters. The fraction of sp³-hybridized carbons (Fsp3) is 0.211. The molecule has 0 radical (unpaired) electrons. The lowest BCUT2D eigenvalue weighted by Gasteiger charge is -2.28. The van der Waals surface area contributed by atoms with Gasteiger partial charge >= 0.3 is 0 Å². The minimum atomic E-state index is 0.521. The van der Waals surface area contributed by atoms with Crippen molar-refractivity contribution < 1.29 is 4.74 Å². The van der Waals surface area contributed by atoms with Gasteiger partial charge in [-0.15, -0.1) is 11.3 Å². The first kappa shape index (κ1) is 17.6. The summed E-state index contributed by atoms with van der Waals surface area (Å²) in [4.78, 5) is 7.01. The van der Waals surface area contributed by atoms with Gasteiger partial charge in [-0.2, -0.15) is 0 Å². The molecule has 26 heavy (non-hydrogen) atoms. The number of halogens is 2. The highest BCUT2D eigenvalue weighted by molar-refractivity contribution is 7.14.